The van der Waals surface area contributed by atoms with Gasteiger partial charge in [-0.15, -0.1) is 6.58 Å². The second-order valence-electron chi connectivity index (χ2n) is 5.64. The zero-order chi connectivity index (χ0) is 16.6. The van der Waals surface area contributed by atoms with Crippen LogP contribution in [0, 0.1) is 11.8 Å². The maximum absolute atomic E-state index is 11.5. The first-order valence-corrected chi connectivity index (χ1v) is 9.31. The molecule has 1 saturated carbocycles. The minimum Gasteiger partial charge on any atom is -0.270 e. The summed E-state index contributed by atoms with van der Waals surface area (Å²) in [7, 11) is -3.60. The molecule has 1 aliphatic carbocycles. The molecule has 6 nitrogen and oxygen atoms in total. The van der Waals surface area contributed by atoms with Crippen LogP contribution in [0.5, 0.6) is 0 Å². The van der Waals surface area contributed by atoms with E-state index in [9.17, 15) is 13.2 Å². The quantitative estimate of drug-likeness (QED) is 0.774. The molecule has 2 rings (SSSR count). The summed E-state index contributed by atoms with van der Waals surface area (Å²) in [6, 6.07) is -0.683. The van der Waals surface area contributed by atoms with Gasteiger partial charge in [0.2, 0.25) is 10.0 Å². The summed E-state index contributed by atoms with van der Waals surface area (Å²) in [5, 5.41) is 1.81. The van der Waals surface area contributed by atoms with E-state index in [2.05, 4.69) is 12.0 Å². The molecule has 22 heavy (non-hydrogen) atoms. The number of nitrogens with one attached hydrogen (secondary N) is 2. The van der Waals surface area contributed by atoms with E-state index in [-0.39, 0.29) is 5.75 Å². The third-order valence-electron chi connectivity index (χ3n) is 3.90. The lowest BCUT2D eigenvalue weighted by Gasteiger charge is -2.18. The third kappa shape index (κ3) is 6.19. The smallest absolute Gasteiger partial charge is 0.270 e. The molecule has 1 aliphatic heterocycles. The Morgan fingerprint density at radius 2 is 1.77 bits per heavy atom. The van der Waals surface area contributed by atoms with Crippen LogP contribution in [0.4, 0.5) is 4.79 Å². The van der Waals surface area contributed by atoms with Crippen LogP contribution in [0.2, 0.25) is 0 Å². The van der Waals surface area contributed by atoms with Crippen LogP contribution < -0.4 is 10.1 Å². The summed E-state index contributed by atoms with van der Waals surface area (Å²) in [6.07, 6.45) is 8.93. The van der Waals surface area contributed by atoms with Gasteiger partial charge in [-0.3, -0.25) is 5.43 Å². The Kier molecular flexibility index (Phi) is 7.61. The molecule has 2 aliphatic rings. The number of fused-ring (bicyclic) bond motifs is 1. The van der Waals surface area contributed by atoms with Gasteiger partial charge in [0.1, 0.15) is 0 Å². The van der Waals surface area contributed by atoms with E-state index in [0.29, 0.717) is 11.8 Å². The van der Waals surface area contributed by atoms with E-state index in [4.69, 9.17) is 0 Å². The minimum absolute atomic E-state index is 0.258. The fourth-order valence-corrected chi connectivity index (χ4v) is 3.55. The van der Waals surface area contributed by atoms with E-state index in [1.807, 2.05) is 35.7 Å². The zero-order valence-electron chi connectivity index (χ0n) is 13.4. The van der Waals surface area contributed by atoms with E-state index >= 15 is 0 Å². The van der Waals surface area contributed by atoms with E-state index in [1.54, 1.807) is 0 Å². The molecule has 0 aromatic rings. The summed E-state index contributed by atoms with van der Waals surface area (Å²) < 4.78 is 24.7. The van der Waals surface area contributed by atoms with Crippen molar-refractivity contribution in [2.75, 3.05) is 18.8 Å². The highest BCUT2D eigenvalue weighted by Crippen LogP contribution is 2.36. The molecule has 0 bridgehead atoms. The molecular weight excluding hydrogens is 302 g/mol. The molecule has 1 heterocycles. The Morgan fingerprint density at radius 1 is 1.23 bits per heavy atom. The van der Waals surface area contributed by atoms with Gasteiger partial charge < -0.3 is 0 Å². The van der Waals surface area contributed by atoms with Gasteiger partial charge in [-0.05, 0) is 38.5 Å². The van der Waals surface area contributed by atoms with Crippen LogP contribution in [-0.2, 0) is 10.0 Å². The standard InChI is InChI=1S/C11H19N3O3S.C4H8/c1-2-6-18(16,17)13-11(15)12-14-7-9-4-3-5-10(9)8-14;1-3-4-2/h2,9-10H,1,3-8H2,(H2,12,13,15);3-4H,1-2H3/b;4-3+/t9-,10+;. The van der Waals surface area contributed by atoms with Crippen molar-refractivity contribution in [2.45, 2.75) is 33.1 Å². The van der Waals surface area contributed by atoms with Crippen molar-refractivity contribution in [1.82, 2.24) is 15.2 Å². The first-order chi connectivity index (χ1) is 10.4. The average molecular weight is 329 g/mol. The van der Waals surface area contributed by atoms with Gasteiger partial charge in [0.15, 0.2) is 0 Å². The van der Waals surface area contributed by atoms with E-state index < -0.39 is 16.1 Å². The highest BCUT2D eigenvalue weighted by molar-refractivity contribution is 7.90. The number of urea groups is 1. The lowest BCUT2D eigenvalue weighted by molar-refractivity contribution is 0.195. The number of rotatable bonds is 4. The molecule has 0 radical (unpaired) electrons. The molecule has 0 unspecified atom stereocenters. The van der Waals surface area contributed by atoms with Crippen LogP contribution in [0.15, 0.2) is 24.8 Å². The fourth-order valence-electron chi connectivity index (χ4n) is 2.83. The van der Waals surface area contributed by atoms with Crippen LogP contribution in [0.1, 0.15) is 33.1 Å². The Labute approximate surface area is 133 Å². The molecule has 2 fully saturated rings. The van der Waals surface area contributed by atoms with Crippen molar-refractivity contribution < 1.29 is 13.2 Å². The third-order valence-corrected chi connectivity index (χ3v) is 5.08. The number of hydrogen-bond acceptors (Lipinski definition) is 4. The lowest BCUT2D eigenvalue weighted by atomic mass is 10.0. The van der Waals surface area contributed by atoms with Gasteiger partial charge in [-0.2, -0.15) is 0 Å². The zero-order valence-corrected chi connectivity index (χ0v) is 14.2. The van der Waals surface area contributed by atoms with Gasteiger partial charge in [0.05, 0.1) is 5.75 Å². The monoisotopic (exact) mass is 329 g/mol. The maximum atomic E-state index is 11.5. The van der Waals surface area contributed by atoms with Crippen molar-refractivity contribution in [3.63, 3.8) is 0 Å². The van der Waals surface area contributed by atoms with Crippen LogP contribution in [-0.4, -0.2) is 38.3 Å². The molecule has 2 atom stereocenters. The van der Waals surface area contributed by atoms with Crippen molar-refractivity contribution in [3.05, 3.63) is 24.8 Å². The number of hydrogen-bond donors (Lipinski definition) is 2. The molecule has 0 spiro atoms. The summed E-state index contributed by atoms with van der Waals surface area (Å²) >= 11 is 0. The van der Waals surface area contributed by atoms with Crippen molar-refractivity contribution >= 4 is 16.1 Å². The van der Waals surface area contributed by atoms with Gasteiger partial charge in [-0.25, -0.2) is 22.9 Å². The van der Waals surface area contributed by atoms with Crippen molar-refractivity contribution in [2.24, 2.45) is 11.8 Å². The molecule has 0 aromatic heterocycles. The first-order valence-electron chi connectivity index (χ1n) is 7.66. The molecule has 1 saturated heterocycles. The SMILES string of the molecule is C/C=C/C.C=CCS(=O)(=O)NC(=O)NN1C[C@H]2CCC[C@H]2C1. The van der Waals surface area contributed by atoms with Gasteiger partial charge in [0, 0.05) is 13.1 Å². The topological polar surface area (TPSA) is 78.5 Å². The fraction of sp³-hybridized carbons (Fsp3) is 0.667. The highest BCUT2D eigenvalue weighted by atomic mass is 32.2. The summed E-state index contributed by atoms with van der Waals surface area (Å²) in [4.78, 5) is 11.5. The number of carbonyl (C=O) groups is 1. The summed E-state index contributed by atoms with van der Waals surface area (Å²) in [6.45, 7) is 8.97. The van der Waals surface area contributed by atoms with Gasteiger partial charge in [0.25, 0.3) is 0 Å². The summed E-state index contributed by atoms with van der Waals surface area (Å²) in [5.74, 6) is 1.04. The lowest BCUT2D eigenvalue weighted by Crippen LogP contribution is -2.48. The number of carbonyl (C=O) groups excluding carboxylic acids is 1. The molecule has 2 N–H and O–H groups in total. The Balaban J connectivity index is 0.000000541. The predicted molar refractivity (Wildman–Crippen MR) is 88.5 cm³/mol. The van der Waals surface area contributed by atoms with Gasteiger partial charge in [-0.1, -0.05) is 24.6 Å². The number of hydrazine groups is 1. The van der Waals surface area contributed by atoms with E-state index in [0.717, 1.165) is 13.1 Å². The maximum Gasteiger partial charge on any atom is 0.342 e. The molecule has 7 heteroatoms. The second kappa shape index (κ2) is 8.95. The number of allylic oxidation sites excluding steroid dienone is 2. The molecule has 0 aromatic carbocycles. The molecule has 2 amide bonds. The van der Waals surface area contributed by atoms with E-state index in [1.165, 1.54) is 25.3 Å². The number of amides is 2. The average Bonchev–Trinajstić information content (AvgIpc) is 2.98. The number of nitrogens with zero attached hydrogens (tertiary/aromatic N) is 1. The normalized spacial score (nSPS) is 24.5. The van der Waals surface area contributed by atoms with Crippen molar-refractivity contribution in [1.29, 1.82) is 0 Å². The Morgan fingerprint density at radius 3 is 2.23 bits per heavy atom. The second-order valence-corrected chi connectivity index (χ2v) is 7.40. The van der Waals surface area contributed by atoms with Crippen LogP contribution in [0.3, 0.4) is 0 Å². The largest absolute Gasteiger partial charge is 0.342 e. The van der Waals surface area contributed by atoms with Crippen molar-refractivity contribution in [3.8, 4) is 0 Å². The minimum atomic E-state index is -3.60. The molecular formula is C15H27N3O3S. The van der Waals surface area contributed by atoms with Gasteiger partial charge >= 0.3 is 6.03 Å². The number of sulfonamides is 1. The van der Waals surface area contributed by atoms with Crippen LogP contribution in [0.25, 0.3) is 0 Å². The summed E-state index contributed by atoms with van der Waals surface area (Å²) in [5.41, 5.74) is 2.59. The predicted octanol–water partition coefficient (Wildman–Crippen LogP) is 2.03. The Bertz CT molecular complexity index is 486. The molecule has 126 valence electrons. The highest BCUT2D eigenvalue weighted by Gasteiger charge is 2.36. The Hall–Kier alpha value is -1.34. The first kappa shape index (κ1) is 18.7. The van der Waals surface area contributed by atoms with Crippen LogP contribution >= 0.6 is 0 Å².